The van der Waals surface area contributed by atoms with Crippen LogP contribution < -0.4 is 15.8 Å². The number of carbonyl (C=O) groups excluding carboxylic acids is 3. The molecule has 0 aliphatic heterocycles. The number of halogens is 1. The Hall–Kier alpha value is -3.06. The topological polar surface area (TPSA) is 108 Å². The van der Waals surface area contributed by atoms with E-state index in [-0.39, 0.29) is 27.9 Å². The molecule has 0 aliphatic rings. The Morgan fingerprint density at radius 3 is 2.33 bits per heavy atom. The first-order valence-corrected chi connectivity index (χ1v) is 8.36. The van der Waals surface area contributed by atoms with Crippen LogP contribution in [0.3, 0.4) is 0 Å². The second-order valence-corrected chi connectivity index (χ2v) is 6.15. The van der Waals surface area contributed by atoms with Gasteiger partial charge < -0.3 is 20.5 Å². The fourth-order valence-corrected chi connectivity index (χ4v) is 2.49. The summed E-state index contributed by atoms with van der Waals surface area (Å²) in [5, 5.41) is 2.78. The number of ether oxygens (including phenoxy) is 2. The highest BCUT2D eigenvalue weighted by Crippen LogP contribution is 2.29. The van der Waals surface area contributed by atoms with Crippen LogP contribution in [0.1, 0.15) is 34.6 Å². The van der Waals surface area contributed by atoms with E-state index < -0.39 is 17.9 Å². The Balaban J connectivity index is 2.13. The maximum absolute atomic E-state index is 12.5. The smallest absolute Gasteiger partial charge is 0.342 e. The summed E-state index contributed by atoms with van der Waals surface area (Å²) < 4.78 is 10.4. The number of methoxy groups -OCH3 is 1. The zero-order valence-electron chi connectivity index (χ0n) is 15.0. The Morgan fingerprint density at radius 2 is 1.78 bits per heavy atom. The molecule has 0 heterocycles. The van der Waals surface area contributed by atoms with E-state index in [9.17, 15) is 14.4 Å². The molecule has 0 saturated heterocycles. The van der Waals surface area contributed by atoms with E-state index in [1.165, 1.54) is 33.1 Å². The van der Waals surface area contributed by atoms with E-state index in [4.69, 9.17) is 26.8 Å². The van der Waals surface area contributed by atoms with Gasteiger partial charge in [-0.3, -0.25) is 9.59 Å². The number of hydrogen-bond acceptors (Lipinski definition) is 6. The number of nitrogen functional groups attached to an aromatic ring is 1. The number of esters is 1. The van der Waals surface area contributed by atoms with Crippen LogP contribution in [0.2, 0.25) is 5.02 Å². The van der Waals surface area contributed by atoms with Gasteiger partial charge in [0.05, 0.1) is 17.8 Å². The fourth-order valence-electron chi connectivity index (χ4n) is 2.33. The first kappa shape index (κ1) is 20.3. The van der Waals surface area contributed by atoms with Crippen LogP contribution in [-0.2, 0) is 9.53 Å². The molecule has 0 unspecified atom stereocenters. The summed E-state index contributed by atoms with van der Waals surface area (Å²) in [6.07, 6.45) is -1.04. The molecule has 3 N–H and O–H groups in total. The van der Waals surface area contributed by atoms with Crippen molar-refractivity contribution in [3.8, 4) is 5.75 Å². The van der Waals surface area contributed by atoms with Crippen LogP contribution in [0.5, 0.6) is 5.75 Å². The summed E-state index contributed by atoms with van der Waals surface area (Å²) in [7, 11) is 1.38. The first-order valence-electron chi connectivity index (χ1n) is 7.98. The molecule has 0 aliphatic carbocycles. The third-order valence-electron chi connectivity index (χ3n) is 3.68. The average molecular weight is 391 g/mol. The van der Waals surface area contributed by atoms with Crippen molar-refractivity contribution in [2.45, 2.75) is 20.0 Å². The van der Waals surface area contributed by atoms with E-state index >= 15 is 0 Å². The van der Waals surface area contributed by atoms with Crippen molar-refractivity contribution in [1.82, 2.24) is 0 Å². The van der Waals surface area contributed by atoms with Crippen LogP contribution in [0.15, 0.2) is 36.4 Å². The van der Waals surface area contributed by atoms with E-state index in [1.54, 1.807) is 24.3 Å². The number of anilines is 2. The van der Waals surface area contributed by atoms with Gasteiger partial charge in [0.1, 0.15) is 11.3 Å². The molecule has 2 aromatic carbocycles. The van der Waals surface area contributed by atoms with Crippen LogP contribution in [0, 0.1) is 0 Å². The van der Waals surface area contributed by atoms with Crippen LogP contribution >= 0.6 is 11.6 Å². The molecule has 0 fully saturated rings. The number of hydrogen-bond donors (Lipinski definition) is 2. The Bertz CT molecular complexity index is 880. The number of Topliss-reactive ketones (excluding diaryl/α,β-unsaturated/α-hetero) is 1. The monoisotopic (exact) mass is 390 g/mol. The SMILES string of the molecule is COc1cc(N)c(Cl)cc1C(=O)O[C@@H](C)C(=O)c1ccc(NC(C)=O)cc1. The molecular formula is C19H19ClN2O5. The zero-order valence-corrected chi connectivity index (χ0v) is 15.8. The van der Waals surface area contributed by atoms with Gasteiger partial charge in [-0.2, -0.15) is 0 Å². The summed E-state index contributed by atoms with van der Waals surface area (Å²) >= 11 is 5.95. The minimum atomic E-state index is -1.04. The second-order valence-electron chi connectivity index (χ2n) is 5.74. The molecule has 0 aromatic heterocycles. The molecular weight excluding hydrogens is 372 g/mol. The van der Waals surface area contributed by atoms with E-state index in [0.29, 0.717) is 11.3 Å². The lowest BCUT2D eigenvalue weighted by Crippen LogP contribution is -2.24. The summed E-state index contributed by atoms with van der Waals surface area (Å²) in [6.45, 7) is 2.85. The number of ketones is 1. The molecule has 2 aromatic rings. The molecule has 7 nitrogen and oxygen atoms in total. The predicted octanol–water partition coefficient (Wildman–Crippen LogP) is 3.32. The first-order chi connectivity index (χ1) is 12.7. The maximum Gasteiger partial charge on any atom is 0.342 e. The van der Waals surface area contributed by atoms with Gasteiger partial charge in [-0.1, -0.05) is 11.6 Å². The van der Waals surface area contributed by atoms with E-state index in [0.717, 1.165) is 0 Å². The molecule has 1 atom stereocenters. The number of amides is 1. The van der Waals surface area contributed by atoms with Gasteiger partial charge in [0.2, 0.25) is 11.7 Å². The van der Waals surface area contributed by atoms with Gasteiger partial charge in [0.25, 0.3) is 0 Å². The Kier molecular flexibility index (Phi) is 6.41. The normalized spacial score (nSPS) is 11.4. The zero-order chi connectivity index (χ0) is 20.1. The van der Waals surface area contributed by atoms with Crippen molar-refractivity contribution in [3.05, 3.63) is 52.5 Å². The van der Waals surface area contributed by atoms with Crippen LogP contribution in [0.25, 0.3) is 0 Å². The van der Waals surface area contributed by atoms with Gasteiger partial charge in [0.15, 0.2) is 6.10 Å². The standard InChI is InChI=1S/C19H19ClN2O5/c1-10(18(24)12-4-6-13(7-5-12)22-11(2)23)27-19(25)14-8-15(20)16(21)9-17(14)26-3/h4-10H,21H2,1-3H3,(H,22,23)/t10-/m0/s1. The van der Waals surface area contributed by atoms with Crippen LogP contribution in [0.4, 0.5) is 11.4 Å². The molecule has 2 rings (SSSR count). The van der Waals surface area contributed by atoms with Gasteiger partial charge in [-0.25, -0.2) is 4.79 Å². The highest BCUT2D eigenvalue weighted by Gasteiger charge is 2.23. The highest BCUT2D eigenvalue weighted by molar-refractivity contribution is 6.33. The Morgan fingerprint density at radius 1 is 1.15 bits per heavy atom. The van der Waals surface area contributed by atoms with Crippen molar-refractivity contribution in [1.29, 1.82) is 0 Å². The molecule has 0 spiro atoms. The van der Waals surface area contributed by atoms with Crippen molar-refractivity contribution >= 4 is 40.6 Å². The van der Waals surface area contributed by atoms with Crippen molar-refractivity contribution in [3.63, 3.8) is 0 Å². The molecule has 27 heavy (non-hydrogen) atoms. The molecule has 142 valence electrons. The van der Waals surface area contributed by atoms with Gasteiger partial charge >= 0.3 is 5.97 Å². The summed E-state index contributed by atoms with van der Waals surface area (Å²) in [5.74, 6) is -1.17. The molecule has 1 amide bonds. The van der Waals surface area contributed by atoms with Gasteiger partial charge in [0, 0.05) is 24.2 Å². The van der Waals surface area contributed by atoms with Crippen molar-refractivity contribution < 1.29 is 23.9 Å². The Labute approximate surface area is 161 Å². The fraction of sp³-hybridized carbons (Fsp3) is 0.211. The number of rotatable bonds is 6. The van der Waals surface area contributed by atoms with Crippen molar-refractivity contribution in [2.24, 2.45) is 0 Å². The minimum absolute atomic E-state index is 0.0670. The lowest BCUT2D eigenvalue weighted by Gasteiger charge is -2.15. The summed E-state index contributed by atoms with van der Waals surface area (Å²) in [5.41, 5.74) is 6.91. The maximum atomic E-state index is 12.5. The molecule has 0 saturated carbocycles. The summed E-state index contributed by atoms with van der Waals surface area (Å²) in [4.78, 5) is 35.9. The molecule has 8 heteroatoms. The third kappa shape index (κ3) is 4.98. The third-order valence-corrected chi connectivity index (χ3v) is 4.01. The second kappa shape index (κ2) is 8.55. The number of benzene rings is 2. The molecule has 0 radical (unpaired) electrons. The van der Waals surface area contributed by atoms with Gasteiger partial charge in [-0.15, -0.1) is 0 Å². The van der Waals surface area contributed by atoms with E-state index in [2.05, 4.69) is 5.32 Å². The van der Waals surface area contributed by atoms with Crippen LogP contribution in [-0.4, -0.2) is 30.9 Å². The largest absolute Gasteiger partial charge is 0.496 e. The number of nitrogens with two attached hydrogens (primary N) is 1. The van der Waals surface area contributed by atoms with E-state index in [1.807, 2.05) is 0 Å². The lowest BCUT2D eigenvalue weighted by molar-refractivity contribution is -0.114. The van der Waals surface area contributed by atoms with Gasteiger partial charge in [-0.05, 0) is 37.3 Å². The lowest BCUT2D eigenvalue weighted by atomic mass is 10.1. The highest BCUT2D eigenvalue weighted by atomic mass is 35.5. The predicted molar refractivity (Wildman–Crippen MR) is 102 cm³/mol. The minimum Gasteiger partial charge on any atom is -0.496 e. The summed E-state index contributed by atoms with van der Waals surface area (Å²) in [6, 6.07) is 9.00. The quantitative estimate of drug-likeness (QED) is 0.445. The average Bonchev–Trinajstić information content (AvgIpc) is 2.62. The molecule has 0 bridgehead atoms. The number of nitrogens with one attached hydrogen (secondary N) is 1. The number of carbonyl (C=O) groups is 3. The van der Waals surface area contributed by atoms with Crippen molar-refractivity contribution in [2.75, 3.05) is 18.2 Å².